The van der Waals surface area contributed by atoms with Gasteiger partial charge in [0.2, 0.25) is 0 Å². The maximum Gasteiger partial charge on any atom is 0.289 e. The van der Waals surface area contributed by atoms with Crippen molar-refractivity contribution in [2.45, 2.75) is 16.3 Å². The van der Waals surface area contributed by atoms with Crippen LogP contribution in [0.15, 0.2) is 82.6 Å². The first kappa shape index (κ1) is 23.2. The Hall–Kier alpha value is -2.50. The molecule has 3 rings (SSSR count). The van der Waals surface area contributed by atoms with Crippen LogP contribution >= 0.6 is 23.2 Å². The molecule has 3 aromatic carbocycles. The Balaban J connectivity index is 2.19. The second kappa shape index (κ2) is 8.93. The molecule has 0 bridgehead atoms. The van der Waals surface area contributed by atoms with Crippen molar-refractivity contribution in [3.8, 4) is 0 Å². The summed E-state index contributed by atoms with van der Waals surface area (Å²) in [6.07, 6.45) is 0. The van der Waals surface area contributed by atoms with E-state index in [-0.39, 0.29) is 14.9 Å². The molecule has 0 spiro atoms. The molecule has 162 valence electrons. The van der Waals surface area contributed by atoms with Gasteiger partial charge >= 0.3 is 0 Å². The molecule has 0 amide bonds. The van der Waals surface area contributed by atoms with Crippen molar-refractivity contribution in [2.75, 3.05) is 0 Å². The number of sulfonamides is 2. The number of nitro benzene ring substituents is 1. The minimum atomic E-state index is -4.74. The fraction of sp³-hybridized carbons (Fsp3) is 0.0526. The van der Waals surface area contributed by atoms with Crippen LogP contribution in [0.4, 0.5) is 5.69 Å². The maximum atomic E-state index is 13.4. The monoisotopic (exact) mass is 500 g/mol. The third kappa shape index (κ3) is 4.89. The van der Waals surface area contributed by atoms with Gasteiger partial charge in [0.1, 0.15) is 5.02 Å². The summed E-state index contributed by atoms with van der Waals surface area (Å²) in [5, 5.41) is 11.2. The van der Waals surface area contributed by atoms with Crippen LogP contribution in [0.5, 0.6) is 0 Å². The summed E-state index contributed by atoms with van der Waals surface area (Å²) in [5.41, 5.74) is -0.265. The Labute approximate surface area is 188 Å². The van der Waals surface area contributed by atoms with E-state index >= 15 is 0 Å². The number of hydrogen-bond donors (Lipinski definition) is 0. The highest BCUT2D eigenvalue weighted by Crippen LogP contribution is 2.32. The first-order valence-electron chi connectivity index (χ1n) is 8.55. The minimum Gasteiger partial charge on any atom is -0.258 e. The van der Waals surface area contributed by atoms with Crippen LogP contribution < -0.4 is 0 Å². The van der Waals surface area contributed by atoms with Gasteiger partial charge in [-0.2, -0.15) is 0 Å². The molecule has 0 fully saturated rings. The molecule has 8 nitrogen and oxygen atoms in total. The highest BCUT2D eigenvalue weighted by atomic mass is 35.5. The average molecular weight is 501 g/mol. The van der Waals surface area contributed by atoms with E-state index in [4.69, 9.17) is 23.2 Å². The third-order valence-corrected chi connectivity index (χ3v) is 9.01. The van der Waals surface area contributed by atoms with Gasteiger partial charge in [-0.05, 0) is 42.0 Å². The maximum absolute atomic E-state index is 13.4. The van der Waals surface area contributed by atoms with Crippen molar-refractivity contribution in [1.29, 1.82) is 0 Å². The zero-order valence-electron chi connectivity index (χ0n) is 15.6. The topological polar surface area (TPSA) is 115 Å². The molecule has 0 radical (unpaired) electrons. The van der Waals surface area contributed by atoms with E-state index in [1.165, 1.54) is 24.3 Å². The van der Waals surface area contributed by atoms with Gasteiger partial charge in [-0.15, -0.1) is 0 Å². The summed E-state index contributed by atoms with van der Waals surface area (Å²) in [6.45, 7) is -0.523. The lowest BCUT2D eigenvalue weighted by atomic mass is 10.2. The molecule has 0 saturated carbocycles. The van der Waals surface area contributed by atoms with Crippen LogP contribution in [0, 0.1) is 10.1 Å². The average Bonchev–Trinajstić information content (AvgIpc) is 2.73. The molecule has 31 heavy (non-hydrogen) atoms. The SMILES string of the molecule is O=[N+]([O-])c1cc(S(=O)(=O)N(Cc2ccccc2)S(=O)(=O)c2ccc(Cl)cc2)ccc1Cl. The van der Waals surface area contributed by atoms with Crippen LogP contribution in [0.3, 0.4) is 0 Å². The number of nitrogens with zero attached hydrogens (tertiary/aromatic N) is 2. The molecular weight excluding hydrogens is 487 g/mol. The van der Waals surface area contributed by atoms with Crippen LogP contribution in [-0.2, 0) is 26.6 Å². The lowest BCUT2D eigenvalue weighted by Gasteiger charge is -2.22. The van der Waals surface area contributed by atoms with Gasteiger partial charge in [0.05, 0.1) is 21.3 Å². The lowest BCUT2D eigenvalue weighted by Crippen LogP contribution is -2.36. The second-order valence-corrected chi connectivity index (χ2v) is 11.1. The van der Waals surface area contributed by atoms with Crippen molar-refractivity contribution in [3.05, 3.63) is 98.5 Å². The van der Waals surface area contributed by atoms with Gasteiger partial charge < -0.3 is 0 Å². The van der Waals surface area contributed by atoms with Crippen molar-refractivity contribution >= 4 is 48.9 Å². The summed E-state index contributed by atoms with van der Waals surface area (Å²) in [7, 11) is -9.32. The molecule has 12 heteroatoms. The molecule has 0 aromatic heterocycles. The number of rotatable bonds is 7. The number of nitro groups is 1. The predicted octanol–water partition coefficient (Wildman–Crippen LogP) is 4.48. The fourth-order valence-corrected chi connectivity index (χ4v) is 6.62. The van der Waals surface area contributed by atoms with E-state index in [0.29, 0.717) is 9.27 Å². The number of benzene rings is 3. The Morgan fingerprint density at radius 2 is 1.35 bits per heavy atom. The second-order valence-electron chi connectivity index (χ2n) is 6.25. The molecule has 0 unspecified atom stereocenters. The van der Waals surface area contributed by atoms with Crippen molar-refractivity contribution in [2.24, 2.45) is 0 Å². The van der Waals surface area contributed by atoms with E-state index in [9.17, 15) is 26.9 Å². The van der Waals surface area contributed by atoms with Crippen molar-refractivity contribution < 1.29 is 21.8 Å². The first-order chi connectivity index (χ1) is 14.5. The summed E-state index contributed by atoms with van der Waals surface area (Å²) in [4.78, 5) is 9.45. The Morgan fingerprint density at radius 3 is 1.94 bits per heavy atom. The van der Waals surface area contributed by atoms with Gasteiger partial charge in [-0.25, -0.2) is 16.8 Å². The molecule has 0 atom stereocenters. The Morgan fingerprint density at radius 1 is 0.806 bits per heavy atom. The quantitative estimate of drug-likeness (QED) is 0.348. The zero-order valence-corrected chi connectivity index (χ0v) is 18.7. The Bertz CT molecular complexity index is 1330. The summed E-state index contributed by atoms with van der Waals surface area (Å²) in [6, 6.07) is 15.8. The fourth-order valence-electron chi connectivity index (χ4n) is 2.67. The molecule has 0 aliphatic heterocycles. The van der Waals surface area contributed by atoms with E-state index in [1.54, 1.807) is 30.3 Å². The molecule has 0 aliphatic rings. The third-order valence-electron chi connectivity index (χ3n) is 4.21. The number of halogens is 2. The van der Waals surface area contributed by atoms with E-state index in [1.807, 2.05) is 0 Å². The van der Waals surface area contributed by atoms with Gasteiger partial charge in [0, 0.05) is 11.1 Å². The van der Waals surface area contributed by atoms with Crippen LogP contribution in [0.2, 0.25) is 10.0 Å². The Kier molecular flexibility index (Phi) is 6.68. The normalized spacial score (nSPS) is 12.1. The van der Waals surface area contributed by atoms with Crippen LogP contribution in [0.1, 0.15) is 5.56 Å². The number of hydrogen-bond acceptors (Lipinski definition) is 6. The molecule has 0 N–H and O–H groups in total. The largest absolute Gasteiger partial charge is 0.289 e. The summed E-state index contributed by atoms with van der Waals surface area (Å²) >= 11 is 11.6. The van der Waals surface area contributed by atoms with E-state index in [2.05, 4.69) is 0 Å². The van der Waals surface area contributed by atoms with E-state index < -0.39 is 42.1 Å². The standard InChI is InChI=1S/C19H14Cl2N2O6S2/c20-15-6-8-16(9-7-15)30(26,27)22(13-14-4-2-1-3-5-14)31(28,29)17-10-11-18(21)19(12-17)23(24)25/h1-12H,13H2. The summed E-state index contributed by atoms with van der Waals surface area (Å²) in [5.74, 6) is 0. The smallest absolute Gasteiger partial charge is 0.258 e. The van der Waals surface area contributed by atoms with Gasteiger partial charge in [0.25, 0.3) is 25.7 Å². The van der Waals surface area contributed by atoms with Crippen molar-refractivity contribution in [1.82, 2.24) is 3.71 Å². The summed E-state index contributed by atoms with van der Waals surface area (Å²) < 4.78 is 53.6. The molecular formula is C19H14Cl2N2O6S2. The highest BCUT2D eigenvalue weighted by molar-refractivity contribution is 8.04. The van der Waals surface area contributed by atoms with E-state index in [0.717, 1.165) is 18.2 Å². The zero-order chi connectivity index (χ0) is 22.8. The lowest BCUT2D eigenvalue weighted by molar-refractivity contribution is -0.384. The van der Waals surface area contributed by atoms with Gasteiger partial charge in [0.15, 0.2) is 0 Å². The minimum absolute atomic E-state index is 0.268. The van der Waals surface area contributed by atoms with Crippen LogP contribution in [-0.4, -0.2) is 25.5 Å². The predicted molar refractivity (Wildman–Crippen MR) is 116 cm³/mol. The van der Waals surface area contributed by atoms with Crippen molar-refractivity contribution in [3.63, 3.8) is 0 Å². The molecule has 0 saturated heterocycles. The van der Waals surface area contributed by atoms with Gasteiger partial charge in [-0.3, -0.25) is 10.1 Å². The molecule has 3 aromatic rings. The first-order valence-corrected chi connectivity index (χ1v) is 12.2. The van der Waals surface area contributed by atoms with Gasteiger partial charge in [-0.1, -0.05) is 57.2 Å². The molecule has 0 aliphatic carbocycles. The highest BCUT2D eigenvalue weighted by Gasteiger charge is 2.37. The molecule has 0 heterocycles. The van der Waals surface area contributed by atoms with Crippen LogP contribution in [0.25, 0.3) is 0 Å².